The average Bonchev–Trinajstić information content (AvgIpc) is 2.17. The van der Waals surface area contributed by atoms with E-state index in [1.807, 2.05) is 0 Å². The predicted octanol–water partition coefficient (Wildman–Crippen LogP) is 2.00. The molecule has 0 bridgehead atoms. The van der Waals surface area contributed by atoms with E-state index in [-0.39, 0.29) is 0 Å². The third-order valence-corrected chi connectivity index (χ3v) is 1.68. The second kappa shape index (κ2) is 5.59. The molecule has 70 valence electrons. The number of ether oxygens (including phenoxy) is 2. The van der Waals surface area contributed by atoms with Crippen molar-refractivity contribution in [3.8, 4) is 11.5 Å². The Morgan fingerprint density at radius 2 is 1.85 bits per heavy atom. The first-order chi connectivity index (χ1) is 6.36. The summed E-state index contributed by atoms with van der Waals surface area (Å²) in [6.45, 7) is 1.02. The molecule has 13 heavy (non-hydrogen) atoms. The zero-order chi connectivity index (χ0) is 9.52. The Balaban J connectivity index is 2.53. The third-order valence-electron chi connectivity index (χ3n) is 1.35. The Hall–Kier alpha value is -1.03. The topological polar surface area (TPSA) is 35.5 Å². The number of halogens is 1. The highest BCUT2D eigenvalue weighted by atomic mass is 79.9. The van der Waals surface area contributed by atoms with E-state index in [1.165, 1.54) is 0 Å². The van der Waals surface area contributed by atoms with Gasteiger partial charge in [-0.1, -0.05) is 15.9 Å². The van der Waals surface area contributed by atoms with E-state index in [0.29, 0.717) is 18.8 Å². The van der Waals surface area contributed by atoms with Crippen molar-refractivity contribution in [1.82, 2.24) is 0 Å². The first kappa shape index (κ1) is 10.1. The van der Waals surface area contributed by atoms with Crippen LogP contribution in [0, 0.1) is 0 Å². The second-order valence-corrected chi connectivity index (χ2v) is 3.02. The van der Waals surface area contributed by atoms with E-state index in [2.05, 4.69) is 20.7 Å². The fourth-order valence-electron chi connectivity index (χ4n) is 0.826. The van der Waals surface area contributed by atoms with Crippen molar-refractivity contribution in [3.05, 3.63) is 24.3 Å². The van der Waals surface area contributed by atoms with E-state index in [4.69, 9.17) is 4.74 Å². The van der Waals surface area contributed by atoms with Crippen LogP contribution in [-0.4, -0.2) is 18.4 Å². The minimum absolute atomic E-state index is 0.397. The molecule has 0 aliphatic heterocycles. The average molecular weight is 245 g/mol. The maximum absolute atomic E-state index is 9.97. The summed E-state index contributed by atoms with van der Waals surface area (Å²) in [6.07, 6.45) is 0. The molecule has 0 saturated carbocycles. The third kappa shape index (κ3) is 3.46. The number of alkyl halides is 1. The smallest absolute Gasteiger partial charge is 0.298 e. The molecule has 0 fully saturated rings. The summed E-state index contributed by atoms with van der Waals surface area (Å²) in [6, 6.07) is 6.86. The SMILES string of the molecule is O=COc1ccc(OCCBr)cc1. The van der Waals surface area contributed by atoms with Crippen LogP contribution in [0.15, 0.2) is 24.3 Å². The monoisotopic (exact) mass is 244 g/mol. The maximum Gasteiger partial charge on any atom is 0.298 e. The number of carbonyl (C=O) groups excluding carboxylic acids is 1. The lowest BCUT2D eigenvalue weighted by Crippen LogP contribution is -1.97. The van der Waals surface area contributed by atoms with Gasteiger partial charge >= 0.3 is 0 Å². The molecule has 0 aromatic heterocycles. The Morgan fingerprint density at radius 3 is 2.38 bits per heavy atom. The van der Waals surface area contributed by atoms with E-state index in [1.54, 1.807) is 24.3 Å². The summed E-state index contributed by atoms with van der Waals surface area (Å²) in [5.74, 6) is 1.28. The first-order valence-electron chi connectivity index (χ1n) is 3.76. The molecule has 0 atom stereocenters. The molecule has 0 aliphatic rings. The van der Waals surface area contributed by atoms with Crippen LogP contribution in [0.1, 0.15) is 0 Å². The van der Waals surface area contributed by atoms with Crippen molar-refractivity contribution in [2.75, 3.05) is 11.9 Å². The maximum atomic E-state index is 9.97. The quantitative estimate of drug-likeness (QED) is 0.587. The summed E-state index contributed by atoms with van der Waals surface area (Å²) in [5.41, 5.74) is 0. The molecule has 3 nitrogen and oxygen atoms in total. The zero-order valence-corrected chi connectivity index (χ0v) is 8.49. The van der Waals surface area contributed by atoms with Crippen LogP contribution in [0.4, 0.5) is 0 Å². The lowest BCUT2D eigenvalue weighted by Gasteiger charge is -2.03. The summed E-state index contributed by atoms with van der Waals surface area (Å²) in [5, 5.41) is 0.791. The highest BCUT2D eigenvalue weighted by molar-refractivity contribution is 9.09. The molecule has 1 rings (SSSR count). The van der Waals surface area contributed by atoms with Gasteiger partial charge in [0.05, 0.1) is 6.61 Å². The van der Waals surface area contributed by atoms with Crippen molar-refractivity contribution in [2.24, 2.45) is 0 Å². The normalized spacial score (nSPS) is 9.31. The largest absolute Gasteiger partial charge is 0.493 e. The highest BCUT2D eigenvalue weighted by Crippen LogP contribution is 2.16. The molecule has 0 heterocycles. The second-order valence-electron chi connectivity index (χ2n) is 2.22. The van der Waals surface area contributed by atoms with Gasteiger partial charge in [0, 0.05) is 5.33 Å². The van der Waals surface area contributed by atoms with Crippen LogP contribution in [0.25, 0.3) is 0 Å². The molecule has 4 heteroatoms. The van der Waals surface area contributed by atoms with Crippen LogP contribution in [0.2, 0.25) is 0 Å². The van der Waals surface area contributed by atoms with Gasteiger partial charge in [0.25, 0.3) is 6.47 Å². The van der Waals surface area contributed by atoms with E-state index in [9.17, 15) is 4.79 Å². The summed E-state index contributed by atoms with van der Waals surface area (Å²) in [4.78, 5) is 9.97. The zero-order valence-electron chi connectivity index (χ0n) is 6.90. The number of rotatable bonds is 5. The lowest BCUT2D eigenvalue weighted by atomic mass is 10.3. The number of hydrogen-bond acceptors (Lipinski definition) is 3. The van der Waals surface area contributed by atoms with Gasteiger partial charge in [0.15, 0.2) is 0 Å². The Bertz CT molecular complexity index is 258. The van der Waals surface area contributed by atoms with Crippen LogP contribution in [0.3, 0.4) is 0 Å². The Morgan fingerprint density at radius 1 is 1.23 bits per heavy atom. The fraction of sp³-hybridized carbons (Fsp3) is 0.222. The minimum Gasteiger partial charge on any atom is -0.493 e. The molecule has 1 aromatic rings. The summed E-state index contributed by atoms with van der Waals surface area (Å²) >= 11 is 3.25. The van der Waals surface area contributed by atoms with E-state index < -0.39 is 0 Å². The van der Waals surface area contributed by atoms with Crippen molar-refractivity contribution in [3.63, 3.8) is 0 Å². The summed E-state index contributed by atoms with van der Waals surface area (Å²) in [7, 11) is 0. The van der Waals surface area contributed by atoms with Crippen LogP contribution >= 0.6 is 15.9 Å². The Labute approximate surface area is 84.8 Å². The molecule has 0 saturated heterocycles. The molecule has 0 N–H and O–H groups in total. The highest BCUT2D eigenvalue weighted by Gasteiger charge is 1.94. The van der Waals surface area contributed by atoms with Crippen LogP contribution < -0.4 is 9.47 Å². The molecule has 0 amide bonds. The number of benzene rings is 1. The van der Waals surface area contributed by atoms with E-state index >= 15 is 0 Å². The standard InChI is InChI=1S/C9H9BrO3/c10-5-6-12-8-1-3-9(4-2-8)13-7-11/h1-4,7H,5-6H2. The number of carbonyl (C=O) groups is 1. The van der Waals surface area contributed by atoms with Gasteiger partial charge in [-0.25, -0.2) is 0 Å². The fourth-order valence-corrected chi connectivity index (χ4v) is 0.988. The van der Waals surface area contributed by atoms with Crippen LogP contribution in [-0.2, 0) is 4.79 Å². The predicted molar refractivity (Wildman–Crippen MR) is 52.4 cm³/mol. The number of hydrogen-bond donors (Lipinski definition) is 0. The van der Waals surface area contributed by atoms with E-state index in [0.717, 1.165) is 11.1 Å². The Kier molecular flexibility index (Phi) is 4.32. The minimum atomic E-state index is 0.397. The van der Waals surface area contributed by atoms with Gasteiger partial charge in [0.1, 0.15) is 11.5 Å². The van der Waals surface area contributed by atoms with Gasteiger partial charge in [-0.15, -0.1) is 0 Å². The van der Waals surface area contributed by atoms with Gasteiger partial charge < -0.3 is 9.47 Å². The van der Waals surface area contributed by atoms with Crippen molar-refractivity contribution in [1.29, 1.82) is 0 Å². The molecular formula is C9H9BrO3. The van der Waals surface area contributed by atoms with Crippen molar-refractivity contribution in [2.45, 2.75) is 0 Å². The van der Waals surface area contributed by atoms with Crippen molar-refractivity contribution < 1.29 is 14.3 Å². The van der Waals surface area contributed by atoms with Gasteiger partial charge in [0.2, 0.25) is 0 Å². The molecule has 0 spiro atoms. The molecule has 0 radical (unpaired) electrons. The van der Waals surface area contributed by atoms with Crippen molar-refractivity contribution >= 4 is 22.4 Å². The molecule has 0 unspecified atom stereocenters. The molecular weight excluding hydrogens is 236 g/mol. The summed E-state index contributed by atoms with van der Waals surface area (Å²) < 4.78 is 9.92. The first-order valence-corrected chi connectivity index (χ1v) is 4.88. The van der Waals surface area contributed by atoms with Gasteiger partial charge in [-0.3, -0.25) is 4.79 Å². The molecule has 0 aliphatic carbocycles. The van der Waals surface area contributed by atoms with Crippen LogP contribution in [0.5, 0.6) is 11.5 Å². The van der Waals surface area contributed by atoms with Gasteiger partial charge in [-0.2, -0.15) is 0 Å². The van der Waals surface area contributed by atoms with Gasteiger partial charge in [-0.05, 0) is 24.3 Å². The molecule has 1 aromatic carbocycles. The lowest BCUT2D eigenvalue weighted by molar-refractivity contribution is -0.120.